The Hall–Kier alpha value is -1.59. The molecular weight excluding hydrogens is 290 g/mol. The van der Waals surface area contributed by atoms with Crippen molar-refractivity contribution in [1.82, 2.24) is 15.5 Å². The SMILES string of the molecule is CN(C)C(CNC(=O)NCC1CCCC(O)C1)c1ccccc1. The van der Waals surface area contributed by atoms with Crippen LogP contribution >= 0.6 is 0 Å². The molecule has 0 bridgehead atoms. The van der Waals surface area contributed by atoms with Gasteiger partial charge in [-0.1, -0.05) is 36.8 Å². The van der Waals surface area contributed by atoms with Crippen LogP contribution in [0, 0.1) is 5.92 Å². The van der Waals surface area contributed by atoms with Crippen molar-refractivity contribution in [1.29, 1.82) is 0 Å². The Labute approximate surface area is 139 Å². The molecule has 0 aliphatic heterocycles. The molecule has 0 saturated heterocycles. The summed E-state index contributed by atoms with van der Waals surface area (Å²) < 4.78 is 0. The Morgan fingerprint density at radius 2 is 2.00 bits per heavy atom. The first-order chi connectivity index (χ1) is 11.1. The van der Waals surface area contributed by atoms with Crippen LogP contribution in [0.15, 0.2) is 30.3 Å². The van der Waals surface area contributed by atoms with Gasteiger partial charge in [-0.15, -0.1) is 0 Å². The Kier molecular flexibility index (Phi) is 6.86. The number of benzene rings is 1. The number of amides is 2. The highest BCUT2D eigenvalue weighted by atomic mass is 16.3. The molecule has 2 rings (SSSR count). The van der Waals surface area contributed by atoms with Gasteiger partial charge in [-0.25, -0.2) is 4.79 Å². The molecule has 1 aromatic rings. The number of carbonyl (C=O) groups is 1. The van der Waals surface area contributed by atoms with Gasteiger partial charge in [0.1, 0.15) is 0 Å². The highest BCUT2D eigenvalue weighted by molar-refractivity contribution is 5.73. The maximum atomic E-state index is 12.0. The first-order valence-electron chi connectivity index (χ1n) is 8.47. The minimum absolute atomic E-state index is 0.132. The average molecular weight is 319 g/mol. The van der Waals surface area contributed by atoms with Crippen molar-refractivity contribution in [3.05, 3.63) is 35.9 Å². The van der Waals surface area contributed by atoms with Gasteiger partial charge in [0.15, 0.2) is 0 Å². The van der Waals surface area contributed by atoms with Crippen molar-refractivity contribution in [3.63, 3.8) is 0 Å². The summed E-state index contributed by atoms with van der Waals surface area (Å²) in [4.78, 5) is 14.1. The summed E-state index contributed by atoms with van der Waals surface area (Å²) in [5.41, 5.74) is 1.19. The van der Waals surface area contributed by atoms with E-state index in [-0.39, 0.29) is 18.2 Å². The molecule has 1 fully saturated rings. The van der Waals surface area contributed by atoms with Gasteiger partial charge < -0.3 is 20.6 Å². The van der Waals surface area contributed by atoms with E-state index in [2.05, 4.69) is 27.7 Å². The summed E-state index contributed by atoms with van der Waals surface area (Å²) >= 11 is 0. The van der Waals surface area contributed by atoms with Gasteiger partial charge in [0.2, 0.25) is 0 Å². The van der Waals surface area contributed by atoms with Gasteiger partial charge >= 0.3 is 6.03 Å². The molecule has 0 spiro atoms. The lowest BCUT2D eigenvalue weighted by Gasteiger charge is -2.27. The number of nitrogens with one attached hydrogen (secondary N) is 2. The fourth-order valence-electron chi connectivity index (χ4n) is 3.21. The second-order valence-electron chi connectivity index (χ2n) is 6.67. The van der Waals surface area contributed by atoms with Gasteiger partial charge in [-0.05, 0) is 44.8 Å². The molecule has 23 heavy (non-hydrogen) atoms. The minimum Gasteiger partial charge on any atom is -0.393 e. The topological polar surface area (TPSA) is 64.6 Å². The van der Waals surface area contributed by atoms with Crippen LogP contribution in [0.2, 0.25) is 0 Å². The number of urea groups is 1. The third-order valence-electron chi connectivity index (χ3n) is 4.57. The smallest absolute Gasteiger partial charge is 0.314 e. The molecule has 0 radical (unpaired) electrons. The highest BCUT2D eigenvalue weighted by Crippen LogP contribution is 2.23. The van der Waals surface area contributed by atoms with E-state index < -0.39 is 0 Å². The maximum Gasteiger partial charge on any atom is 0.314 e. The molecule has 128 valence electrons. The van der Waals surface area contributed by atoms with Crippen LogP contribution in [-0.4, -0.2) is 49.3 Å². The van der Waals surface area contributed by atoms with Crippen LogP contribution in [0.3, 0.4) is 0 Å². The van der Waals surface area contributed by atoms with Crippen molar-refractivity contribution in [2.75, 3.05) is 27.2 Å². The second kappa shape index (κ2) is 8.89. The van der Waals surface area contributed by atoms with Crippen molar-refractivity contribution in [2.24, 2.45) is 5.92 Å². The fourth-order valence-corrected chi connectivity index (χ4v) is 3.21. The molecule has 5 nitrogen and oxygen atoms in total. The molecule has 3 atom stereocenters. The molecule has 0 aromatic heterocycles. The Balaban J connectivity index is 1.76. The van der Waals surface area contributed by atoms with Crippen LogP contribution in [0.25, 0.3) is 0 Å². The van der Waals surface area contributed by atoms with Crippen LogP contribution in [0.4, 0.5) is 4.79 Å². The fraction of sp³-hybridized carbons (Fsp3) is 0.611. The predicted octanol–water partition coefficient (Wildman–Crippen LogP) is 2.14. The zero-order valence-electron chi connectivity index (χ0n) is 14.2. The van der Waals surface area contributed by atoms with E-state index in [1.165, 1.54) is 5.56 Å². The molecule has 1 aliphatic rings. The minimum atomic E-state index is -0.199. The molecule has 0 heterocycles. The van der Waals surface area contributed by atoms with Gasteiger partial charge in [0.25, 0.3) is 0 Å². The standard InChI is InChI=1S/C18H29N3O2/c1-21(2)17(15-8-4-3-5-9-15)13-20-18(23)19-12-14-7-6-10-16(22)11-14/h3-5,8-9,14,16-17,22H,6-7,10-13H2,1-2H3,(H2,19,20,23). The molecule has 1 aromatic carbocycles. The third kappa shape index (κ3) is 5.84. The van der Waals surface area contributed by atoms with E-state index in [0.717, 1.165) is 25.7 Å². The van der Waals surface area contributed by atoms with E-state index in [9.17, 15) is 9.90 Å². The van der Waals surface area contributed by atoms with Crippen LogP contribution < -0.4 is 10.6 Å². The van der Waals surface area contributed by atoms with Crippen LogP contribution in [-0.2, 0) is 0 Å². The lowest BCUT2D eigenvalue weighted by Crippen LogP contribution is -2.42. The molecule has 3 N–H and O–H groups in total. The largest absolute Gasteiger partial charge is 0.393 e. The molecule has 1 aliphatic carbocycles. The molecule has 1 saturated carbocycles. The van der Waals surface area contributed by atoms with Crippen LogP contribution in [0.1, 0.15) is 37.3 Å². The summed E-state index contributed by atoms with van der Waals surface area (Å²) in [7, 11) is 4.03. The zero-order valence-corrected chi connectivity index (χ0v) is 14.2. The highest BCUT2D eigenvalue weighted by Gasteiger charge is 2.21. The number of likely N-dealkylation sites (N-methyl/N-ethyl adjacent to an activating group) is 1. The van der Waals surface area contributed by atoms with Crippen molar-refractivity contribution < 1.29 is 9.90 Å². The first-order valence-corrected chi connectivity index (χ1v) is 8.47. The Morgan fingerprint density at radius 3 is 2.65 bits per heavy atom. The van der Waals surface area contributed by atoms with Gasteiger partial charge in [0, 0.05) is 13.1 Å². The molecule has 2 amide bonds. The average Bonchev–Trinajstić information content (AvgIpc) is 2.54. The molecule has 3 unspecified atom stereocenters. The maximum absolute atomic E-state index is 12.0. The lowest BCUT2D eigenvalue weighted by atomic mass is 9.87. The van der Waals surface area contributed by atoms with Gasteiger partial charge in [-0.2, -0.15) is 0 Å². The summed E-state index contributed by atoms with van der Waals surface area (Å²) in [6.45, 7) is 1.21. The van der Waals surface area contributed by atoms with Crippen molar-refractivity contribution in [2.45, 2.75) is 37.8 Å². The van der Waals surface area contributed by atoms with E-state index in [1.54, 1.807) is 0 Å². The van der Waals surface area contributed by atoms with Crippen LogP contribution in [0.5, 0.6) is 0 Å². The number of aliphatic hydroxyl groups excluding tert-OH is 1. The second-order valence-corrected chi connectivity index (χ2v) is 6.67. The Morgan fingerprint density at radius 1 is 1.26 bits per heavy atom. The van der Waals surface area contributed by atoms with Gasteiger partial charge in [-0.3, -0.25) is 0 Å². The zero-order chi connectivity index (χ0) is 16.7. The number of carbonyl (C=O) groups excluding carboxylic acids is 1. The first kappa shape index (κ1) is 17.8. The van der Waals surface area contributed by atoms with E-state index in [1.807, 2.05) is 32.3 Å². The number of aliphatic hydroxyl groups is 1. The van der Waals surface area contributed by atoms with E-state index >= 15 is 0 Å². The number of hydrogen-bond acceptors (Lipinski definition) is 3. The monoisotopic (exact) mass is 319 g/mol. The summed E-state index contributed by atoms with van der Waals surface area (Å²) in [5, 5.41) is 15.6. The predicted molar refractivity (Wildman–Crippen MR) is 92.2 cm³/mol. The van der Waals surface area contributed by atoms with Crippen molar-refractivity contribution in [3.8, 4) is 0 Å². The van der Waals surface area contributed by atoms with Crippen molar-refractivity contribution >= 4 is 6.03 Å². The molecular formula is C18H29N3O2. The lowest BCUT2D eigenvalue weighted by molar-refractivity contribution is 0.101. The van der Waals surface area contributed by atoms with Gasteiger partial charge in [0.05, 0.1) is 12.1 Å². The quantitative estimate of drug-likeness (QED) is 0.753. The third-order valence-corrected chi connectivity index (χ3v) is 4.57. The number of hydrogen-bond donors (Lipinski definition) is 3. The summed E-state index contributed by atoms with van der Waals surface area (Å²) in [6, 6.07) is 10.2. The number of rotatable bonds is 6. The number of nitrogens with zero attached hydrogens (tertiary/aromatic N) is 1. The molecule has 5 heteroatoms. The summed E-state index contributed by atoms with van der Waals surface area (Å²) in [5.74, 6) is 0.392. The van der Waals surface area contributed by atoms with E-state index in [0.29, 0.717) is 19.0 Å². The summed E-state index contributed by atoms with van der Waals surface area (Å²) in [6.07, 6.45) is 3.62. The normalized spacial score (nSPS) is 22.6. The van der Waals surface area contributed by atoms with E-state index in [4.69, 9.17) is 0 Å². The Bertz CT molecular complexity index is 478.